The minimum Gasteiger partial charge on any atom is -0.464 e. The van der Waals surface area contributed by atoms with Gasteiger partial charge in [-0.15, -0.1) is 0 Å². The van der Waals surface area contributed by atoms with E-state index in [2.05, 4.69) is 0 Å². The second kappa shape index (κ2) is 7.78. The lowest BCUT2D eigenvalue weighted by atomic mass is 10.0. The molecule has 28 heavy (non-hydrogen) atoms. The van der Waals surface area contributed by atoms with Crippen LogP contribution in [0.15, 0.2) is 60.7 Å². The molecule has 1 aliphatic rings. The zero-order chi connectivity index (χ0) is 20.5. The van der Waals surface area contributed by atoms with Crippen molar-refractivity contribution in [1.82, 2.24) is 0 Å². The highest BCUT2D eigenvalue weighted by atomic mass is 35.7. The number of anilines is 1. The van der Waals surface area contributed by atoms with Crippen molar-refractivity contribution in [2.45, 2.75) is 24.6 Å². The lowest BCUT2D eigenvalue weighted by molar-refractivity contribution is -0.145. The first-order chi connectivity index (χ1) is 13.2. The maximum atomic E-state index is 12.9. The van der Waals surface area contributed by atoms with Gasteiger partial charge in [0.05, 0.1) is 12.6 Å². The summed E-state index contributed by atoms with van der Waals surface area (Å²) in [4.78, 5) is 14.6. The molecular formula is C20H19Cl2NO4S. The Morgan fingerprint density at radius 3 is 2.29 bits per heavy atom. The Morgan fingerprint density at radius 2 is 1.75 bits per heavy atom. The number of carbonyl (C=O) groups excluding carboxylic acids is 1. The Bertz CT molecular complexity index is 1010. The lowest BCUT2D eigenvalue weighted by Crippen LogP contribution is -2.54. The van der Waals surface area contributed by atoms with E-state index in [4.69, 9.17) is 27.0 Å². The Kier molecular flexibility index (Phi) is 5.75. The molecule has 0 bridgehead atoms. The summed E-state index contributed by atoms with van der Waals surface area (Å²) in [6, 6.07) is 15.3. The summed E-state index contributed by atoms with van der Waals surface area (Å²) in [5.74, 6) is -0.901. The molecule has 0 spiro atoms. The van der Waals surface area contributed by atoms with E-state index in [9.17, 15) is 13.2 Å². The zero-order valence-electron chi connectivity index (χ0n) is 15.3. The number of rotatable bonds is 5. The van der Waals surface area contributed by atoms with E-state index in [1.807, 2.05) is 30.3 Å². The van der Waals surface area contributed by atoms with Gasteiger partial charge in [-0.25, -0.2) is 13.2 Å². The van der Waals surface area contributed by atoms with Crippen molar-refractivity contribution >= 4 is 48.7 Å². The number of ether oxygens (including phenoxy) is 1. The van der Waals surface area contributed by atoms with Crippen LogP contribution in [0.3, 0.4) is 0 Å². The molecule has 5 nitrogen and oxygen atoms in total. The smallest absolute Gasteiger partial charge is 0.335 e. The molecule has 0 aliphatic carbocycles. The molecule has 0 aromatic heterocycles. The van der Waals surface area contributed by atoms with Crippen LogP contribution in [0.2, 0.25) is 5.02 Å². The Labute approximate surface area is 173 Å². The fraction of sp³-hybridized carbons (Fsp3) is 0.250. The van der Waals surface area contributed by atoms with Gasteiger partial charge in [-0.3, -0.25) is 0 Å². The molecule has 0 N–H and O–H groups in total. The Morgan fingerprint density at radius 1 is 1.14 bits per heavy atom. The summed E-state index contributed by atoms with van der Waals surface area (Å²) < 4.78 is 28.4. The second-order valence-electron chi connectivity index (χ2n) is 6.37. The van der Waals surface area contributed by atoms with Crippen molar-refractivity contribution in [1.29, 1.82) is 0 Å². The van der Waals surface area contributed by atoms with E-state index in [1.165, 1.54) is 6.08 Å². The fourth-order valence-electron chi connectivity index (χ4n) is 3.44. The van der Waals surface area contributed by atoms with Gasteiger partial charge in [0, 0.05) is 27.1 Å². The number of benzene rings is 2. The molecule has 2 aromatic rings. The van der Waals surface area contributed by atoms with Crippen LogP contribution >= 0.6 is 22.3 Å². The van der Waals surface area contributed by atoms with Crippen molar-refractivity contribution in [2.24, 2.45) is 0 Å². The van der Waals surface area contributed by atoms with E-state index in [-0.39, 0.29) is 6.61 Å². The third kappa shape index (κ3) is 3.41. The minimum atomic E-state index is -4.37. The number of halogens is 2. The third-order valence-corrected chi connectivity index (χ3v) is 7.24. The molecule has 8 heteroatoms. The molecule has 1 aliphatic heterocycles. The van der Waals surface area contributed by atoms with Crippen molar-refractivity contribution in [3.63, 3.8) is 0 Å². The van der Waals surface area contributed by atoms with Gasteiger partial charge >= 0.3 is 5.97 Å². The van der Waals surface area contributed by atoms with Crippen LogP contribution < -0.4 is 4.90 Å². The van der Waals surface area contributed by atoms with Crippen LogP contribution in [0.5, 0.6) is 0 Å². The number of nitrogens with zero attached hydrogens (tertiary/aromatic N) is 1. The summed E-state index contributed by atoms with van der Waals surface area (Å²) in [5, 5.41) is 0.545. The number of esters is 1. The van der Waals surface area contributed by atoms with Crippen molar-refractivity contribution in [3.8, 4) is 0 Å². The molecule has 2 aromatic carbocycles. The predicted molar refractivity (Wildman–Crippen MR) is 112 cm³/mol. The first kappa shape index (κ1) is 20.7. The molecule has 1 heterocycles. The van der Waals surface area contributed by atoms with Gasteiger partial charge in [0.15, 0.2) is 0 Å². The van der Waals surface area contributed by atoms with Gasteiger partial charge < -0.3 is 9.64 Å². The summed E-state index contributed by atoms with van der Waals surface area (Å²) in [6.07, 6.45) is 1.38. The number of carbonyl (C=O) groups is 1. The van der Waals surface area contributed by atoms with Gasteiger partial charge in [-0.1, -0.05) is 41.9 Å². The average molecular weight is 440 g/mol. The largest absolute Gasteiger partial charge is 0.464 e. The van der Waals surface area contributed by atoms with E-state index in [0.29, 0.717) is 16.3 Å². The first-order valence-electron chi connectivity index (χ1n) is 8.67. The van der Waals surface area contributed by atoms with Gasteiger partial charge in [0.25, 0.3) is 9.05 Å². The molecule has 0 fully saturated rings. The molecule has 2 unspecified atom stereocenters. The second-order valence-corrected chi connectivity index (χ2v) is 9.58. The SMILES string of the molecule is CCOC(=O)C1(S(=O)(=O)Cl)C=C(c2ccc(Cl)cc2)N(c2ccccc2)C1C. The topological polar surface area (TPSA) is 63.7 Å². The van der Waals surface area contributed by atoms with Crippen molar-refractivity contribution in [3.05, 3.63) is 71.3 Å². The molecule has 3 rings (SSSR count). The molecule has 0 saturated carbocycles. The molecule has 2 atom stereocenters. The average Bonchev–Trinajstić information content (AvgIpc) is 2.97. The van der Waals surface area contributed by atoms with Crippen LogP contribution in [-0.2, 0) is 18.6 Å². The van der Waals surface area contributed by atoms with Gasteiger partial charge in [0.2, 0.25) is 4.75 Å². The summed E-state index contributed by atoms with van der Waals surface area (Å²) in [6.45, 7) is 3.29. The minimum absolute atomic E-state index is 0.0369. The number of para-hydroxylation sites is 1. The lowest BCUT2D eigenvalue weighted by Gasteiger charge is -2.34. The maximum absolute atomic E-state index is 12.9. The number of hydrogen-bond donors (Lipinski definition) is 0. The van der Waals surface area contributed by atoms with Crippen LogP contribution in [-0.4, -0.2) is 31.8 Å². The van der Waals surface area contributed by atoms with Gasteiger partial charge in [0.1, 0.15) is 0 Å². The monoisotopic (exact) mass is 439 g/mol. The standard InChI is InChI=1S/C20H19Cl2NO4S/c1-3-27-19(24)20(28(22,25)26)13-18(15-9-11-16(21)12-10-15)23(14(20)2)17-7-5-4-6-8-17/h4-14H,3H2,1-2H3. The zero-order valence-corrected chi connectivity index (χ0v) is 17.6. The van der Waals surface area contributed by atoms with E-state index in [1.54, 1.807) is 43.0 Å². The molecule has 0 saturated heterocycles. The maximum Gasteiger partial charge on any atom is 0.335 e. The summed E-state index contributed by atoms with van der Waals surface area (Å²) >= 11 is 6.00. The van der Waals surface area contributed by atoms with Crippen LogP contribution in [0.25, 0.3) is 5.70 Å². The van der Waals surface area contributed by atoms with Crippen molar-refractivity contribution in [2.75, 3.05) is 11.5 Å². The predicted octanol–water partition coefficient (Wildman–Crippen LogP) is 4.46. The highest BCUT2D eigenvalue weighted by Crippen LogP contribution is 2.45. The molecule has 0 radical (unpaired) electrons. The Hall–Kier alpha value is -2.02. The first-order valence-corrected chi connectivity index (χ1v) is 11.4. The number of hydrogen-bond acceptors (Lipinski definition) is 5. The van der Waals surface area contributed by atoms with Crippen LogP contribution in [0, 0.1) is 0 Å². The molecule has 0 amide bonds. The molecular weight excluding hydrogens is 421 g/mol. The Balaban J connectivity index is 2.27. The summed E-state index contributed by atoms with van der Waals surface area (Å²) in [5.41, 5.74) is 1.96. The third-order valence-electron chi connectivity index (χ3n) is 4.79. The van der Waals surface area contributed by atoms with E-state index >= 15 is 0 Å². The summed E-state index contributed by atoms with van der Waals surface area (Å²) in [7, 11) is 1.46. The van der Waals surface area contributed by atoms with Gasteiger partial charge in [-0.2, -0.15) is 0 Å². The highest BCUT2D eigenvalue weighted by Gasteiger charge is 2.60. The highest BCUT2D eigenvalue weighted by molar-refractivity contribution is 8.15. The fourth-order valence-corrected chi connectivity index (χ4v) is 5.29. The quantitative estimate of drug-likeness (QED) is 0.508. The van der Waals surface area contributed by atoms with Crippen LogP contribution in [0.1, 0.15) is 19.4 Å². The van der Waals surface area contributed by atoms with E-state index in [0.717, 1.165) is 5.69 Å². The van der Waals surface area contributed by atoms with Crippen molar-refractivity contribution < 1.29 is 17.9 Å². The van der Waals surface area contributed by atoms with Gasteiger partial charge in [-0.05, 0) is 49.8 Å². The molecule has 148 valence electrons. The normalized spacial score (nSPS) is 22.1. The van der Waals surface area contributed by atoms with Crippen LogP contribution in [0.4, 0.5) is 5.69 Å². The van der Waals surface area contributed by atoms with E-state index < -0.39 is 25.8 Å².